The van der Waals surface area contributed by atoms with E-state index in [1.807, 2.05) is 42.5 Å². The molecule has 5 heterocycles. The van der Waals surface area contributed by atoms with Gasteiger partial charge in [-0.15, -0.1) is 11.5 Å². The van der Waals surface area contributed by atoms with Crippen molar-refractivity contribution >= 4 is 125 Å². The Balaban J connectivity index is 0.00000354. The monoisotopic (exact) mass is 1460 g/mol. The second kappa shape index (κ2) is 21.4. The number of furan rings is 2. The zero-order chi connectivity index (χ0) is 57.4. The Morgan fingerprint density at radius 3 is 1.93 bits per heavy atom. The van der Waals surface area contributed by atoms with Crippen molar-refractivity contribution < 1.29 is 48.4 Å². The van der Waals surface area contributed by atoms with Crippen LogP contribution in [-0.4, -0.2) is 11.3 Å². The van der Waals surface area contributed by atoms with E-state index in [0.29, 0.717) is 0 Å². The van der Waals surface area contributed by atoms with Gasteiger partial charge in [0.05, 0.1) is 11.2 Å². The molecule has 12 aromatic rings. The quantitative estimate of drug-likeness (QED) is 0.112. The molecule has 5 nitrogen and oxygen atoms in total. The summed E-state index contributed by atoms with van der Waals surface area (Å²) in [5.74, 6) is 0. The third-order valence-electron chi connectivity index (χ3n) is 17.1. The van der Waals surface area contributed by atoms with Crippen molar-refractivity contribution in [2.75, 3.05) is 9.80 Å². The van der Waals surface area contributed by atoms with Crippen molar-refractivity contribution in [3.63, 3.8) is 0 Å². The minimum Gasteiger partial charge on any atom is -0.458 e. The molecule has 0 aliphatic carbocycles. The van der Waals surface area contributed by atoms with Gasteiger partial charge in [0.2, 0.25) is 0 Å². The Labute approximate surface area is 525 Å². The summed E-state index contributed by atoms with van der Waals surface area (Å²) in [5.41, 5.74) is 24.7. The fraction of sp³-hybridized carbons (Fsp3) is 0.143. The first-order chi connectivity index (χ1) is 40.1. The maximum atomic E-state index is 6.58. The van der Waals surface area contributed by atoms with E-state index in [-0.39, 0.29) is 57.1 Å². The molecule has 14 rings (SSSR count). The first kappa shape index (κ1) is 57.2. The molecule has 0 N–H and O–H groups in total. The standard InChI is InChI=1S/C77H62BN3O2.2Os/c1-13-24-58-61-44-63-67(45-65(61)79(64(58)15-3)53-25-17-16-18-26-53)81(73-46(4)39-50(40-47(73)5)55(14-2)74-48(6)56-27-19-21-31-70(56)82-74)69-43-52(77(10,11)12)42-68-72(69)78(63)62-38-35-51(76(7,8)9)41-66(62)80(68)54-36-33-49(34-37-54)57-29-23-30-60-59-28-20-22-32-71(59)83-75(57)60;;/h13-35,38-40,43-45H,2-3,6H2,1,4-5,7-12H3;;/q-4;2*+2/b24-13-,74-55-;;. The molecule has 0 atom stereocenters. The number of rotatable bonds is 8. The number of allylic oxidation sites excluding steroid dienone is 2. The van der Waals surface area contributed by atoms with Crippen LogP contribution in [0.25, 0.3) is 84.9 Å². The van der Waals surface area contributed by atoms with Crippen molar-refractivity contribution in [3.8, 4) is 16.8 Å². The number of hydrogen-bond donors (Lipinski definition) is 0. The van der Waals surface area contributed by atoms with Gasteiger partial charge in [-0.1, -0.05) is 186 Å². The van der Waals surface area contributed by atoms with Crippen molar-refractivity contribution in [2.45, 2.75) is 73.1 Å². The molecule has 0 unspecified atom stereocenters. The van der Waals surface area contributed by atoms with Gasteiger partial charge in [-0.25, -0.2) is 11.3 Å². The molecule has 8 heteroatoms. The SMILES string of the molecule is C=C/C(c1cc(C)c(N2c3cc4c(cc3B3c5ccc(C(C)(C)C)[c-]c5N(c5[c-]cc(-c6cccc7c6oc6ccccc67)c[c-]5)c5[c-]c(C(C)(C)C)cc2c53)c(/C=C\C)c(C=C)n4-c2ccccc2)c(C)c1)=c1/oc2ccccc2c1=C.[Os+2].[Os+2]. The number of aromatic nitrogens is 1. The van der Waals surface area contributed by atoms with Crippen molar-refractivity contribution in [1.29, 1.82) is 0 Å². The van der Waals surface area contributed by atoms with Gasteiger partial charge in [0, 0.05) is 55.0 Å². The molecule has 416 valence electrons. The molecule has 2 aliphatic heterocycles. The van der Waals surface area contributed by atoms with Crippen LogP contribution in [0.5, 0.6) is 0 Å². The molecular weight excluding hydrogens is 1390 g/mol. The molecular formula is C77H62BN3O2Os2. The number of para-hydroxylation sites is 4. The van der Waals surface area contributed by atoms with E-state index in [1.165, 1.54) is 5.46 Å². The summed E-state index contributed by atoms with van der Waals surface area (Å²) < 4.78 is 15.5. The molecule has 0 saturated heterocycles. The summed E-state index contributed by atoms with van der Waals surface area (Å²) >= 11 is 0. The van der Waals surface area contributed by atoms with Crippen LogP contribution in [0.15, 0.2) is 186 Å². The fourth-order valence-electron chi connectivity index (χ4n) is 13.1. The van der Waals surface area contributed by atoms with Gasteiger partial charge in [0.15, 0.2) is 0 Å². The molecule has 3 aromatic heterocycles. The van der Waals surface area contributed by atoms with E-state index in [9.17, 15) is 0 Å². The van der Waals surface area contributed by atoms with E-state index >= 15 is 0 Å². The Morgan fingerprint density at radius 2 is 1.27 bits per heavy atom. The van der Waals surface area contributed by atoms with E-state index in [4.69, 9.17) is 8.83 Å². The molecule has 0 radical (unpaired) electrons. The van der Waals surface area contributed by atoms with Crippen molar-refractivity contribution in [1.82, 2.24) is 4.57 Å². The zero-order valence-electron chi connectivity index (χ0n) is 49.3. The van der Waals surface area contributed by atoms with Gasteiger partial charge < -0.3 is 35.3 Å². The van der Waals surface area contributed by atoms with Crippen LogP contribution < -0.4 is 36.8 Å². The topological polar surface area (TPSA) is 37.7 Å². The van der Waals surface area contributed by atoms with E-state index in [0.717, 1.165) is 161 Å². The number of hydrogen-bond acceptors (Lipinski definition) is 4. The average Bonchev–Trinajstić information content (AvgIpc) is 1.41. The first-order valence-corrected chi connectivity index (χ1v) is 28.7. The van der Waals surface area contributed by atoms with Crippen LogP contribution in [0, 0.1) is 38.1 Å². The second-order valence-corrected chi connectivity index (χ2v) is 24.4. The number of benzene rings is 9. The molecule has 0 spiro atoms. The van der Waals surface area contributed by atoms with Crippen molar-refractivity contribution in [3.05, 3.63) is 251 Å². The van der Waals surface area contributed by atoms with E-state index in [2.05, 4.69) is 254 Å². The Bertz CT molecular complexity index is 4850. The Morgan fingerprint density at radius 1 is 0.624 bits per heavy atom. The summed E-state index contributed by atoms with van der Waals surface area (Å²) in [4.78, 5) is 4.89. The first-order valence-electron chi connectivity index (χ1n) is 28.7. The minimum atomic E-state index is -0.315. The summed E-state index contributed by atoms with van der Waals surface area (Å²) in [6.45, 7) is 33.3. The maximum Gasteiger partial charge on any atom is 2.00 e. The molecule has 2 aliphatic rings. The van der Waals surface area contributed by atoms with Gasteiger partial charge in [-0.2, -0.15) is 40.9 Å². The second-order valence-electron chi connectivity index (χ2n) is 24.4. The van der Waals surface area contributed by atoms with E-state index in [1.54, 1.807) is 0 Å². The fourth-order valence-corrected chi connectivity index (χ4v) is 13.1. The van der Waals surface area contributed by atoms with Gasteiger partial charge in [-0.3, -0.25) is 12.1 Å². The Hall–Kier alpha value is -8.24. The van der Waals surface area contributed by atoms with Crippen molar-refractivity contribution in [2.24, 2.45) is 0 Å². The summed E-state index contributed by atoms with van der Waals surface area (Å²) in [6, 6.07) is 70.0. The van der Waals surface area contributed by atoms with Gasteiger partial charge in [0.1, 0.15) is 28.9 Å². The largest absolute Gasteiger partial charge is 2.00 e. The number of nitrogens with zero attached hydrogens (tertiary/aromatic N) is 3. The van der Waals surface area contributed by atoms with Crippen LogP contribution >= 0.6 is 0 Å². The molecule has 85 heavy (non-hydrogen) atoms. The molecule has 0 amide bonds. The number of aryl methyl sites for hydroxylation is 2. The van der Waals surface area contributed by atoms with E-state index < -0.39 is 0 Å². The predicted molar refractivity (Wildman–Crippen MR) is 351 cm³/mol. The van der Waals surface area contributed by atoms with Crippen LogP contribution in [0.2, 0.25) is 0 Å². The third-order valence-corrected chi connectivity index (χ3v) is 17.1. The van der Waals surface area contributed by atoms with Crippen LogP contribution in [0.3, 0.4) is 0 Å². The van der Waals surface area contributed by atoms with Crippen LogP contribution in [-0.2, 0) is 50.4 Å². The summed E-state index contributed by atoms with van der Waals surface area (Å²) in [5, 5.41) is 5.15. The summed E-state index contributed by atoms with van der Waals surface area (Å²) in [7, 11) is 0. The maximum absolute atomic E-state index is 6.58. The molecule has 0 saturated carbocycles. The number of fused-ring (bicyclic) bond motifs is 9. The zero-order valence-corrected chi connectivity index (χ0v) is 54.4. The minimum absolute atomic E-state index is 0. The van der Waals surface area contributed by atoms with Crippen LogP contribution in [0.4, 0.5) is 34.1 Å². The van der Waals surface area contributed by atoms with Gasteiger partial charge >= 0.3 is 39.6 Å². The number of anilines is 6. The van der Waals surface area contributed by atoms with Crippen LogP contribution in [0.1, 0.15) is 87.5 Å². The molecule has 0 bridgehead atoms. The Kier molecular flexibility index (Phi) is 14.4. The van der Waals surface area contributed by atoms with Gasteiger partial charge in [-0.05, 0) is 96.8 Å². The molecule has 0 fully saturated rings. The van der Waals surface area contributed by atoms with Gasteiger partial charge in [0.25, 0.3) is 0 Å². The predicted octanol–water partition coefficient (Wildman–Crippen LogP) is 16.9. The summed E-state index contributed by atoms with van der Waals surface area (Å²) in [6.07, 6.45) is 8.28. The normalized spacial score (nSPS) is 13.3. The molecule has 9 aromatic carbocycles. The third kappa shape index (κ3) is 9.02. The average molecular weight is 1450 g/mol. The smallest absolute Gasteiger partial charge is 0.458 e.